The van der Waals surface area contributed by atoms with E-state index >= 15 is 0 Å². The van der Waals surface area contributed by atoms with E-state index in [0.717, 1.165) is 34.4 Å². The van der Waals surface area contributed by atoms with E-state index < -0.39 is 6.10 Å². The molecule has 0 heterocycles. The van der Waals surface area contributed by atoms with Crippen LogP contribution in [0.25, 0.3) is 0 Å². The highest BCUT2D eigenvalue weighted by molar-refractivity contribution is 5.38. The molecule has 2 aromatic carbocycles. The SMILES string of the molecule is CCCOc1cccc(C(O)c2cc(C)cc(C)c2)c1. The molecule has 1 unspecified atom stereocenters. The van der Waals surface area contributed by atoms with Gasteiger partial charge in [0.25, 0.3) is 0 Å². The van der Waals surface area contributed by atoms with Gasteiger partial charge in [0.15, 0.2) is 0 Å². The van der Waals surface area contributed by atoms with Gasteiger partial charge >= 0.3 is 0 Å². The van der Waals surface area contributed by atoms with Crippen molar-refractivity contribution in [3.8, 4) is 5.75 Å². The van der Waals surface area contributed by atoms with Crippen molar-refractivity contribution in [2.24, 2.45) is 0 Å². The van der Waals surface area contributed by atoms with Crippen molar-refractivity contribution in [3.05, 3.63) is 64.7 Å². The Morgan fingerprint density at radius 1 is 1.00 bits per heavy atom. The van der Waals surface area contributed by atoms with Crippen molar-refractivity contribution in [2.75, 3.05) is 6.61 Å². The fourth-order valence-electron chi connectivity index (χ4n) is 2.35. The second-order valence-corrected chi connectivity index (χ2v) is 5.24. The molecular weight excluding hydrogens is 248 g/mol. The number of aryl methyl sites for hydroxylation is 2. The van der Waals surface area contributed by atoms with E-state index in [1.54, 1.807) is 0 Å². The van der Waals surface area contributed by atoms with Crippen LogP contribution in [0.2, 0.25) is 0 Å². The zero-order valence-electron chi connectivity index (χ0n) is 12.4. The molecule has 0 radical (unpaired) electrons. The zero-order valence-corrected chi connectivity index (χ0v) is 12.4. The molecule has 20 heavy (non-hydrogen) atoms. The first-order valence-corrected chi connectivity index (χ1v) is 7.09. The molecular formula is C18H22O2. The summed E-state index contributed by atoms with van der Waals surface area (Å²) in [6.45, 7) is 6.87. The number of aliphatic hydroxyl groups excluding tert-OH is 1. The highest BCUT2D eigenvalue weighted by atomic mass is 16.5. The maximum atomic E-state index is 10.5. The number of rotatable bonds is 5. The van der Waals surface area contributed by atoms with E-state index in [2.05, 4.69) is 13.0 Å². The Balaban J connectivity index is 2.25. The van der Waals surface area contributed by atoms with Gasteiger partial charge in [0, 0.05) is 0 Å². The Kier molecular flexibility index (Phi) is 4.80. The van der Waals surface area contributed by atoms with Crippen LogP contribution in [0.4, 0.5) is 0 Å². The first kappa shape index (κ1) is 14.6. The molecule has 0 aliphatic carbocycles. The van der Waals surface area contributed by atoms with Gasteiger partial charge in [0.2, 0.25) is 0 Å². The van der Waals surface area contributed by atoms with E-state index in [9.17, 15) is 5.11 Å². The second kappa shape index (κ2) is 6.58. The third kappa shape index (κ3) is 3.61. The molecule has 106 valence electrons. The van der Waals surface area contributed by atoms with Crippen molar-refractivity contribution in [2.45, 2.75) is 33.3 Å². The summed E-state index contributed by atoms with van der Waals surface area (Å²) < 4.78 is 5.62. The van der Waals surface area contributed by atoms with Crippen molar-refractivity contribution in [1.82, 2.24) is 0 Å². The lowest BCUT2D eigenvalue weighted by Gasteiger charge is -2.14. The van der Waals surface area contributed by atoms with Crippen LogP contribution < -0.4 is 4.74 Å². The maximum absolute atomic E-state index is 10.5. The highest BCUT2D eigenvalue weighted by Gasteiger charge is 2.12. The van der Waals surface area contributed by atoms with E-state index in [1.807, 2.05) is 50.2 Å². The molecule has 0 spiro atoms. The van der Waals surface area contributed by atoms with Gasteiger partial charge in [-0.05, 0) is 43.5 Å². The lowest BCUT2D eigenvalue weighted by atomic mass is 9.98. The molecule has 1 atom stereocenters. The molecule has 2 nitrogen and oxygen atoms in total. The summed E-state index contributed by atoms with van der Waals surface area (Å²) in [7, 11) is 0. The fraction of sp³-hybridized carbons (Fsp3) is 0.333. The molecule has 0 saturated heterocycles. The van der Waals surface area contributed by atoms with Crippen molar-refractivity contribution < 1.29 is 9.84 Å². The van der Waals surface area contributed by atoms with Crippen LogP contribution in [0, 0.1) is 13.8 Å². The topological polar surface area (TPSA) is 29.5 Å². The standard InChI is InChI=1S/C18H22O2/c1-4-8-20-17-7-5-6-15(12-17)18(19)16-10-13(2)9-14(3)11-16/h5-7,9-12,18-19H,4,8H2,1-3H3. The molecule has 0 aromatic heterocycles. The minimum absolute atomic E-state index is 0.612. The lowest BCUT2D eigenvalue weighted by molar-refractivity contribution is 0.219. The fourth-order valence-corrected chi connectivity index (χ4v) is 2.35. The number of hydrogen-bond donors (Lipinski definition) is 1. The first-order valence-electron chi connectivity index (χ1n) is 7.09. The van der Waals surface area contributed by atoms with Crippen molar-refractivity contribution in [3.63, 3.8) is 0 Å². The summed E-state index contributed by atoms with van der Waals surface area (Å²) in [6.07, 6.45) is 0.364. The van der Waals surface area contributed by atoms with Gasteiger partial charge in [-0.2, -0.15) is 0 Å². The van der Waals surface area contributed by atoms with E-state index in [1.165, 1.54) is 0 Å². The number of benzene rings is 2. The van der Waals surface area contributed by atoms with E-state index in [4.69, 9.17) is 4.74 Å². The van der Waals surface area contributed by atoms with Crippen LogP contribution in [-0.4, -0.2) is 11.7 Å². The van der Waals surface area contributed by atoms with E-state index in [0.29, 0.717) is 6.61 Å². The predicted molar refractivity (Wildman–Crippen MR) is 82.2 cm³/mol. The average molecular weight is 270 g/mol. The predicted octanol–water partition coefficient (Wildman–Crippen LogP) is 4.17. The summed E-state index contributed by atoms with van der Waals surface area (Å²) in [5.74, 6) is 0.813. The second-order valence-electron chi connectivity index (χ2n) is 5.24. The van der Waals surface area contributed by atoms with Crippen LogP contribution in [0.15, 0.2) is 42.5 Å². The van der Waals surface area contributed by atoms with Crippen LogP contribution in [-0.2, 0) is 0 Å². The molecule has 0 amide bonds. The molecule has 2 heteroatoms. The molecule has 2 rings (SSSR count). The highest BCUT2D eigenvalue weighted by Crippen LogP contribution is 2.26. The normalized spacial score (nSPS) is 12.2. The lowest BCUT2D eigenvalue weighted by Crippen LogP contribution is -2.02. The summed E-state index contributed by atoms with van der Waals surface area (Å²) in [4.78, 5) is 0. The Bertz CT molecular complexity index is 555. The third-order valence-corrected chi connectivity index (χ3v) is 3.21. The minimum Gasteiger partial charge on any atom is -0.494 e. The number of hydrogen-bond acceptors (Lipinski definition) is 2. The van der Waals surface area contributed by atoms with Crippen molar-refractivity contribution in [1.29, 1.82) is 0 Å². The zero-order chi connectivity index (χ0) is 14.5. The molecule has 0 aliphatic heterocycles. The van der Waals surface area contributed by atoms with Gasteiger partial charge in [-0.25, -0.2) is 0 Å². The first-order chi connectivity index (χ1) is 9.60. The van der Waals surface area contributed by atoms with Crippen LogP contribution in [0.1, 0.15) is 41.7 Å². The van der Waals surface area contributed by atoms with E-state index in [-0.39, 0.29) is 0 Å². The molecule has 0 saturated carbocycles. The van der Waals surface area contributed by atoms with Crippen LogP contribution in [0.3, 0.4) is 0 Å². The van der Waals surface area contributed by atoms with Gasteiger partial charge in [-0.1, -0.05) is 48.4 Å². The van der Waals surface area contributed by atoms with Gasteiger partial charge in [-0.3, -0.25) is 0 Å². The Morgan fingerprint density at radius 3 is 2.35 bits per heavy atom. The third-order valence-electron chi connectivity index (χ3n) is 3.21. The largest absolute Gasteiger partial charge is 0.494 e. The molecule has 1 N–H and O–H groups in total. The van der Waals surface area contributed by atoms with Gasteiger partial charge < -0.3 is 9.84 Å². The number of ether oxygens (including phenoxy) is 1. The summed E-state index contributed by atoms with van der Waals surface area (Å²) >= 11 is 0. The molecule has 0 bridgehead atoms. The Morgan fingerprint density at radius 2 is 1.70 bits per heavy atom. The summed E-state index contributed by atoms with van der Waals surface area (Å²) in [6, 6.07) is 13.9. The van der Waals surface area contributed by atoms with Gasteiger partial charge in [0.1, 0.15) is 11.9 Å². The van der Waals surface area contributed by atoms with Crippen molar-refractivity contribution >= 4 is 0 Å². The maximum Gasteiger partial charge on any atom is 0.119 e. The quantitative estimate of drug-likeness (QED) is 0.883. The minimum atomic E-state index is -0.612. The molecule has 0 aliphatic rings. The number of aliphatic hydroxyl groups is 1. The molecule has 2 aromatic rings. The monoisotopic (exact) mass is 270 g/mol. The van der Waals surface area contributed by atoms with Gasteiger partial charge in [0.05, 0.1) is 6.61 Å². The summed E-state index contributed by atoms with van der Waals surface area (Å²) in [5, 5.41) is 10.5. The van der Waals surface area contributed by atoms with Gasteiger partial charge in [-0.15, -0.1) is 0 Å². The summed E-state index contributed by atoms with van der Waals surface area (Å²) in [5.41, 5.74) is 4.12. The Hall–Kier alpha value is -1.80. The molecule has 0 fully saturated rings. The average Bonchev–Trinajstić information content (AvgIpc) is 2.43. The van der Waals surface area contributed by atoms with Crippen LogP contribution in [0.5, 0.6) is 5.75 Å². The Labute approximate surface area is 121 Å². The van der Waals surface area contributed by atoms with Crippen LogP contribution >= 0.6 is 0 Å². The smallest absolute Gasteiger partial charge is 0.119 e.